The predicted octanol–water partition coefficient (Wildman–Crippen LogP) is 5.96. The maximum Gasteiger partial charge on any atom is 0.216 e. The molecular weight excluding hydrogens is 402 g/mol. The molecule has 5 nitrogen and oxygen atoms in total. The van der Waals surface area contributed by atoms with Crippen molar-refractivity contribution in [2.75, 3.05) is 0 Å². The summed E-state index contributed by atoms with van der Waals surface area (Å²) in [7, 11) is 2.09. The van der Waals surface area contributed by atoms with Crippen LogP contribution >= 0.6 is 12.2 Å². The molecule has 5 rings (SSSR count). The number of aromatic nitrogens is 4. The fourth-order valence-electron chi connectivity index (χ4n) is 4.01. The van der Waals surface area contributed by atoms with Gasteiger partial charge in [-0.3, -0.25) is 0 Å². The molecule has 152 valence electrons. The van der Waals surface area contributed by atoms with Crippen molar-refractivity contribution in [3.63, 3.8) is 0 Å². The topological polar surface area (TPSA) is 50.9 Å². The first-order valence-electron chi connectivity index (χ1n) is 10.1. The maximum atomic E-state index is 5.48. The highest BCUT2D eigenvalue weighted by atomic mass is 32.1. The number of aryl methyl sites for hydroxylation is 2. The van der Waals surface area contributed by atoms with Crippen LogP contribution < -0.4 is 0 Å². The standard InChI is InChI=1S/C25H21N5S/c1-17-10-6-7-13-19(17)24-27-28-25(31)30(24)26-16-21-20-14-8-9-15-22(20)29(2)23(21)18-11-4-3-5-12-18/h3-16H,1-2H3,(H,28,31)/b26-16+. The molecule has 0 fully saturated rings. The summed E-state index contributed by atoms with van der Waals surface area (Å²) in [6, 6.07) is 26.8. The molecule has 0 aliphatic carbocycles. The number of nitrogens with one attached hydrogen (secondary N) is 1. The first-order chi connectivity index (χ1) is 15.1. The molecule has 0 radical (unpaired) electrons. The first-order valence-corrected chi connectivity index (χ1v) is 10.5. The largest absolute Gasteiger partial charge is 0.343 e. The minimum Gasteiger partial charge on any atom is -0.343 e. The lowest BCUT2D eigenvalue weighted by atomic mass is 10.1. The molecule has 31 heavy (non-hydrogen) atoms. The monoisotopic (exact) mass is 423 g/mol. The Morgan fingerprint density at radius 2 is 1.65 bits per heavy atom. The van der Waals surface area contributed by atoms with Gasteiger partial charge < -0.3 is 4.57 Å². The lowest BCUT2D eigenvalue weighted by Gasteiger charge is -2.07. The van der Waals surface area contributed by atoms with E-state index in [1.807, 2.05) is 30.5 Å². The molecule has 0 bridgehead atoms. The lowest BCUT2D eigenvalue weighted by Crippen LogP contribution is -1.98. The summed E-state index contributed by atoms with van der Waals surface area (Å²) in [4.78, 5) is 0. The highest BCUT2D eigenvalue weighted by Crippen LogP contribution is 2.32. The molecule has 0 spiro atoms. The predicted molar refractivity (Wildman–Crippen MR) is 129 cm³/mol. The number of benzene rings is 3. The average Bonchev–Trinajstić information content (AvgIpc) is 3.30. The van der Waals surface area contributed by atoms with E-state index >= 15 is 0 Å². The summed E-state index contributed by atoms with van der Waals surface area (Å²) in [5.74, 6) is 0.695. The van der Waals surface area contributed by atoms with E-state index in [0.29, 0.717) is 10.6 Å². The molecule has 0 unspecified atom stereocenters. The molecule has 5 aromatic rings. The molecule has 6 heteroatoms. The summed E-state index contributed by atoms with van der Waals surface area (Å²) in [6.07, 6.45) is 1.89. The summed E-state index contributed by atoms with van der Waals surface area (Å²) in [5.41, 5.74) is 6.55. The van der Waals surface area contributed by atoms with Gasteiger partial charge in [0.2, 0.25) is 4.77 Å². The summed E-state index contributed by atoms with van der Waals surface area (Å²) in [5, 5.41) is 13.2. The van der Waals surface area contributed by atoms with Crippen LogP contribution in [0.15, 0.2) is 84.0 Å². The maximum absolute atomic E-state index is 5.48. The molecule has 1 N–H and O–H groups in total. The van der Waals surface area contributed by atoms with Crippen molar-refractivity contribution in [2.24, 2.45) is 12.1 Å². The number of hydrogen-bond acceptors (Lipinski definition) is 3. The van der Waals surface area contributed by atoms with Gasteiger partial charge in [-0.1, -0.05) is 72.8 Å². The van der Waals surface area contributed by atoms with E-state index in [-0.39, 0.29) is 0 Å². The number of aromatic amines is 1. The zero-order chi connectivity index (χ0) is 21.4. The molecule has 2 heterocycles. The minimum absolute atomic E-state index is 0.455. The van der Waals surface area contributed by atoms with Crippen molar-refractivity contribution in [2.45, 2.75) is 6.92 Å². The number of fused-ring (bicyclic) bond motifs is 1. The van der Waals surface area contributed by atoms with Gasteiger partial charge in [0.25, 0.3) is 0 Å². The number of rotatable bonds is 4. The van der Waals surface area contributed by atoms with E-state index in [9.17, 15) is 0 Å². The van der Waals surface area contributed by atoms with Gasteiger partial charge in [0, 0.05) is 29.1 Å². The molecule has 2 aromatic heterocycles. The number of hydrogen-bond donors (Lipinski definition) is 1. The third-order valence-corrected chi connectivity index (χ3v) is 5.80. The van der Waals surface area contributed by atoms with Gasteiger partial charge in [0.05, 0.1) is 11.9 Å². The Balaban J connectivity index is 1.71. The van der Waals surface area contributed by atoms with Crippen molar-refractivity contribution in [3.05, 3.63) is 94.8 Å². The lowest BCUT2D eigenvalue weighted by molar-refractivity contribution is 0.870. The summed E-state index contributed by atoms with van der Waals surface area (Å²) < 4.78 is 4.35. The van der Waals surface area contributed by atoms with Crippen LogP contribution in [0.3, 0.4) is 0 Å². The van der Waals surface area contributed by atoms with Gasteiger partial charge in [0.15, 0.2) is 5.82 Å². The van der Waals surface area contributed by atoms with E-state index in [2.05, 4.69) is 83.3 Å². The van der Waals surface area contributed by atoms with Crippen LogP contribution in [0.25, 0.3) is 33.5 Å². The van der Waals surface area contributed by atoms with Gasteiger partial charge >= 0.3 is 0 Å². The van der Waals surface area contributed by atoms with Crippen LogP contribution in [0.4, 0.5) is 0 Å². The van der Waals surface area contributed by atoms with E-state index in [1.54, 1.807) is 4.68 Å². The van der Waals surface area contributed by atoms with Gasteiger partial charge in [0.1, 0.15) is 0 Å². The highest BCUT2D eigenvalue weighted by molar-refractivity contribution is 7.71. The molecule has 0 atom stereocenters. The van der Waals surface area contributed by atoms with Crippen molar-refractivity contribution in [1.82, 2.24) is 19.4 Å². The van der Waals surface area contributed by atoms with Crippen molar-refractivity contribution < 1.29 is 0 Å². The molecule has 0 saturated carbocycles. The molecule has 3 aromatic carbocycles. The van der Waals surface area contributed by atoms with Crippen LogP contribution in [0, 0.1) is 11.7 Å². The molecule has 0 amide bonds. The van der Waals surface area contributed by atoms with Crippen LogP contribution in [0.1, 0.15) is 11.1 Å². The Morgan fingerprint density at radius 3 is 2.45 bits per heavy atom. The van der Waals surface area contributed by atoms with Crippen LogP contribution in [0.5, 0.6) is 0 Å². The minimum atomic E-state index is 0.455. The summed E-state index contributed by atoms with van der Waals surface area (Å²) >= 11 is 5.48. The van der Waals surface area contributed by atoms with E-state index in [4.69, 9.17) is 17.3 Å². The third kappa shape index (κ3) is 3.31. The van der Waals surface area contributed by atoms with Gasteiger partial charge in [-0.2, -0.15) is 14.9 Å². The fraction of sp³-hybridized carbons (Fsp3) is 0.0800. The van der Waals surface area contributed by atoms with E-state index in [0.717, 1.165) is 38.9 Å². The van der Waals surface area contributed by atoms with E-state index in [1.165, 1.54) is 0 Å². The number of nitrogens with zero attached hydrogens (tertiary/aromatic N) is 4. The van der Waals surface area contributed by atoms with Gasteiger partial charge in [-0.15, -0.1) is 0 Å². The number of para-hydroxylation sites is 1. The summed E-state index contributed by atoms with van der Waals surface area (Å²) in [6.45, 7) is 2.05. The molecule has 0 aliphatic heterocycles. The molecular formula is C25H21N5S. The van der Waals surface area contributed by atoms with Crippen molar-refractivity contribution in [1.29, 1.82) is 0 Å². The second kappa shape index (κ2) is 7.81. The second-order valence-corrected chi connectivity index (χ2v) is 7.81. The highest BCUT2D eigenvalue weighted by Gasteiger charge is 2.16. The zero-order valence-electron chi connectivity index (χ0n) is 17.3. The molecule has 0 saturated heterocycles. The quantitative estimate of drug-likeness (QED) is 0.287. The SMILES string of the molecule is Cc1ccccc1-c1n[nH]c(=S)n1/N=C/c1c(-c2ccccc2)n(C)c2ccccc12. The fourth-order valence-corrected chi connectivity index (χ4v) is 4.19. The molecule has 0 aliphatic rings. The van der Waals surface area contributed by atoms with Crippen molar-refractivity contribution >= 4 is 29.3 Å². The van der Waals surface area contributed by atoms with Crippen LogP contribution in [0.2, 0.25) is 0 Å². The Hall–Kier alpha value is -3.77. The van der Waals surface area contributed by atoms with Crippen LogP contribution in [-0.2, 0) is 7.05 Å². The normalized spacial score (nSPS) is 11.5. The van der Waals surface area contributed by atoms with Gasteiger partial charge in [-0.05, 0) is 36.3 Å². The average molecular weight is 424 g/mol. The smallest absolute Gasteiger partial charge is 0.216 e. The Labute approximate surface area is 185 Å². The first kappa shape index (κ1) is 19.2. The zero-order valence-corrected chi connectivity index (χ0v) is 18.1. The Morgan fingerprint density at radius 1 is 0.935 bits per heavy atom. The second-order valence-electron chi connectivity index (χ2n) is 7.43. The van der Waals surface area contributed by atoms with Crippen LogP contribution in [-0.4, -0.2) is 25.7 Å². The van der Waals surface area contributed by atoms with Gasteiger partial charge in [-0.25, -0.2) is 5.10 Å². The number of H-pyrrole nitrogens is 1. The Bertz CT molecular complexity index is 1470. The van der Waals surface area contributed by atoms with Crippen molar-refractivity contribution in [3.8, 4) is 22.6 Å². The third-order valence-electron chi connectivity index (χ3n) is 5.53. The van der Waals surface area contributed by atoms with E-state index < -0.39 is 0 Å². The Kier molecular flexibility index (Phi) is 4.84.